The second kappa shape index (κ2) is 7.68. The second-order valence-electron chi connectivity index (χ2n) is 3.99. The van der Waals surface area contributed by atoms with Crippen LogP contribution in [0, 0.1) is 0 Å². The number of benzene rings is 1. The van der Waals surface area contributed by atoms with Gasteiger partial charge in [0.15, 0.2) is 5.96 Å². The highest BCUT2D eigenvalue weighted by molar-refractivity contribution is 5.92. The van der Waals surface area contributed by atoms with E-state index in [1.165, 1.54) is 0 Å². The zero-order chi connectivity index (χ0) is 13.4. The van der Waals surface area contributed by atoms with Gasteiger partial charge in [0.2, 0.25) is 0 Å². The van der Waals surface area contributed by atoms with Crippen molar-refractivity contribution >= 4 is 11.6 Å². The van der Waals surface area contributed by atoms with Gasteiger partial charge in [0, 0.05) is 25.5 Å². The van der Waals surface area contributed by atoms with Gasteiger partial charge in [0.1, 0.15) is 0 Å². The Morgan fingerprint density at radius 2 is 2.11 bits per heavy atom. The number of rotatable bonds is 6. The number of aliphatic imine (C=N–C) groups is 1. The Bertz CT molecular complexity index is 394. The predicted molar refractivity (Wildman–Crippen MR) is 73.7 cm³/mol. The van der Waals surface area contributed by atoms with E-state index in [2.05, 4.69) is 10.3 Å². The molecule has 0 radical (unpaired) electrons. The van der Waals surface area contributed by atoms with Crippen LogP contribution in [0.2, 0.25) is 0 Å². The number of methoxy groups -OCH3 is 2. The van der Waals surface area contributed by atoms with Crippen molar-refractivity contribution in [1.29, 1.82) is 0 Å². The van der Waals surface area contributed by atoms with Gasteiger partial charge in [-0.15, -0.1) is 0 Å². The SMILES string of the molecule is COCc1ccccc1NC(N)=NC[C@H](C)OC. The highest BCUT2D eigenvalue weighted by Gasteiger charge is 2.03. The van der Waals surface area contributed by atoms with Crippen molar-refractivity contribution in [2.45, 2.75) is 19.6 Å². The molecule has 3 N–H and O–H groups in total. The first-order valence-corrected chi connectivity index (χ1v) is 5.84. The van der Waals surface area contributed by atoms with Crippen molar-refractivity contribution in [3.05, 3.63) is 29.8 Å². The maximum atomic E-state index is 5.82. The standard InChI is InChI=1S/C13H21N3O2/c1-10(18-3)8-15-13(14)16-12-7-5-4-6-11(12)9-17-2/h4-7,10H,8-9H2,1-3H3,(H3,14,15,16)/t10-/m0/s1. The second-order valence-corrected chi connectivity index (χ2v) is 3.99. The zero-order valence-corrected chi connectivity index (χ0v) is 11.1. The summed E-state index contributed by atoms with van der Waals surface area (Å²) in [5, 5.41) is 3.07. The lowest BCUT2D eigenvalue weighted by Crippen LogP contribution is -2.25. The number of anilines is 1. The van der Waals surface area contributed by atoms with Crippen molar-refractivity contribution in [1.82, 2.24) is 0 Å². The maximum absolute atomic E-state index is 5.82. The van der Waals surface area contributed by atoms with Gasteiger partial charge in [-0.2, -0.15) is 0 Å². The summed E-state index contributed by atoms with van der Waals surface area (Å²) in [6.07, 6.45) is 0.0552. The summed E-state index contributed by atoms with van der Waals surface area (Å²) in [6, 6.07) is 7.82. The molecular formula is C13H21N3O2. The minimum absolute atomic E-state index is 0.0552. The minimum atomic E-state index is 0.0552. The fourth-order valence-corrected chi connectivity index (χ4v) is 1.40. The molecule has 0 saturated carbocycles. The average Bonchev–Trinajstić information content (AvgIpc) is 2.38. The average molecular weight is 251 g/mol. The summed E-state index contributed by atoms with van der Waals surface area (Å²) in [5.74, 6) is 0.377. The first kappa shape index (κ1) is 14.5. The van der Waals surface area contributed by atoms with Crippen LogP contribution in [0.1, 0.15) is 12.5 Å². The van der Waals surface area contributed by atoms with Crippen LogP contribution in [0.15, 0.2) is 29.3 Å². The third-order valence-electron chi connectivity index (χ3n) is 2.50. The minimum Gasteiger partial charge on any atom is -0.380 e. The lowest BCUT2D eigenvalue weighted by molar-refractivity contribution is 0.125. The molecule has 0 aromatic heterocycles. The highest BCUT2D eigenvalue weighted by Crippen LogP contribution is 2.15. The highest BCUT2D eigenvalue weighted by atomic mass is 16.5. The third kappa shape index (κ3) is 4.73. The van der Waals surface area contributed by atoms with E-state index in [0.717, 1.165) is 11.3 Å². The van der Waals surface area contributed by atoms with Crippen molar-refractivity contribution in [3.8, 4) is 0 Å². The molecule has 0 amide bonds. The van der Waals surface area contributed by atoms with E-state index >= 15 is 0 Å². The molecule has 0 aliphatic heterocycles. The molecule has 0 unspecified atom stereocenters. The first-order valence-electron chi connectivity index (χ1n) is 5.84. The van der Waals surface area contributed by atoms with Gasteiger partial charge in [-0.1, -0.05) is 18.2 Å². The van der Waals surface area contributed by atoms with E-state index in [-0.39, 0.29) is 6.10 Å². The molecule has 1 rings (SSSR count). The van der Waals surface area contributed by atoms with Crippen LogP contribution >= 0.6 is 0 Å². The fourth-order valence-electron chi connectivity index (χ4n) is 1.40. The number of hydrogen-bond acceptors (Lipinski definition) is 3. The Labute approximate surface area is 108 Å². The summed E-state index contributed by atoms with van der Waals surface area (Å²) in [5.41, 5.74) is 7.76. The molecule has 100 valence electrons. The van der Waals surface area contributed by atoms with Gasteiger partial charge >= 0.3 is 0 Å². The number of nitrogens with zero attached hydrogens (tertiary/aromatic N) is 1. The third-order valence-corrected chi connectivity index (χ3v) is 2.50. The summed E-state index contributed by atoms with van der Waals surface area (Å²) >= 11 is 0. The first-order chi connectivity index (χ1) is 8.67. The Balaban J connectivity index is 2.66. The van der Waals surface area contributed by atoms with Gasteiger partial charge in [0.25, 0.3) is 0 Å². The van der Waals surface area contributed by atoms with Gasteiger partial charge in [0.05, 0.1) is 19.3 Å². The predicted octanol–water partition coefficient (Wildman–Crippen LogP) is 1.59. The molecule has 0 spiro atoms. The Kier molecular flexibility index (Phi) is 6.18. The number of ether oxygens (including phenoxy) is 2. The number of hydrogen-bond donors (Lipinski definition) is 2. The quantitative estimate of drug-likeness (QED) is 0.595. The van der Waals surface area contributed by atoms with E-state index in [4.69, 9.17) is 15.2 Å². The molecule has 5 nitrogen and oxygen atoms in total. The normalized spacial score (nSPS) is 13.4. The van der Waals surface area contributed by atoms with Crippen molar-refractivity contribution in [2.75, 3.05) is 26.1 Å². The molecule has 18 heavy (non-hydrogen) atoms. The van der Waals surface area contributed by atoms with Crippen LogP contribution in [0.4, 0.5) is 5.69 Å². The number of guanidine groups is 1. The van der Waals surface area contributed by atoms with Gasteiger partial charge in [-0.05, 0) is 13.0 Å². The molecular weight excluding hydrogens is 230 g/mol. The maximum Gasteiger partial charge on any atom is 0.193 e. The zero-order valence-electron chi connectivity index (χ0n) is 11.1. The van der Waals surface area contributed by atoms with Crippen molar-refractivity contribution in [2.24, 2.45) is 10.7 Å². The van der Waals surface area contributed by atoms with Crippen LogP contribution in [0.3, 0.4) is 0 Å². The smallest absolute Gasteiger partial charge is 0.193 e. The van der Waals surface area contributed by atoms with Crippen LogP contribution in [0.25, 0.3) is 0 Å². The summed E-state index contributed by atoms with van der Waals surface area (Å²) < 4.78 is 10.2. The van der Waals surface area contributed by atoms with Crippen LogP contribution in [-0.2, 0) is 16.1 Å². The molecule has 0 aliphatic carbocycles. The van der Waals surface area contributed by atoms with E-state index in [1.807, 2.05) is 31.2 Å². The Hall–Kier alpha value is -1.59. The molecule has 1 aromatic carbocycles. The van der Waals surface area contributed by atoms with Gasteiger partial charge in [-0.25, -0.2) is 0 Å². The van der Waals surface area contributed by atoms with Gasteiger partial charge < -0.3 is 20.5 Å². The number of nitrogens with two attached hydrogens (primary N) is 1. The molecule has 0 aliphatic rings. The van der Waals surface area contributed by atoms with Crippen molar-refractivity contribution < 1.29 is 9.47 Å². The van der Waals surface area contributed by atoms with Crippen molar-refractivity contribution in [3.63, 3.8) is 0 Å². The molecule has 0 fully saturated rings. The van der Waals surface area contributed by atoms with E-state index in [0.29, 0.717) is 19.1 Å². The largest absolute Gasteiger partial charge is 0.380 e. The molecule has 0 heterocycles. The fraction of sp³-hybridized carbons (Fsp3) is 0.462. The molecule has 1 aromatic rings. The van der Waals surface area contributed by atoms with E-state index in [9.17, 15) is 0 Å². The van der Waals surface area contributed by atoms with E-state index in [1.54, 1.807) is 14.2 Å². The molecule has 1 atom stereocenters. The lowest BCUT2D eigenvalue weighted by atomic mass is 10.2. The topological polar surface area (TPSA) is 68.9 Å². The lowest BCUT2D eigenvalue weighted by Gasteiger charge is -2.11. The van der Waals surface area contributed by atoms with Crippen LogP contribution < -0.4 is 11.1 Å². The molecule has 5 heteroatoms. The number of para-hydroxylation sites is 1. The summed E-state index contributed by atoms with van der Waals surface area (Å²) in [7, 11) is 3.31. The summed E-state index contributed by atoms with van der Waals surface area (Å²) in [4.78, 5) is 4.21. The Morgan fingerprint density at radius 3 is 2.78 bits per heavy atom. The monoisotopic (exact) mass is 251 g/mol. The molecule has 0 bridgehead atoms. The Morgan fingerprint density at radius 1 is 1.39 bits per heavy atom. The van der Waals surface area contributed by atoms with Gasteiger partial charge in [-0.3, -0.25) is 4.99 Å². The molecule has 0 saturated heterocycles. The van der Waals surface area contributed by atoms with Crippen LogP contribution in [-0.4, -0.2) is 32.8 Å². The van der Waals surface area contributed by atoms with E-state index < -0.39 is 0 Å². The summed E-state index contributed by atoms with van der Waals surface area (Å²) in [6.45, 7) is 3.00. The van der Waals surface area contributed by atoms with Crippen LogP contribution in [0.5, 0.6) is 0 Å². The number of nitrogens with one attached hydrogen (secondary N) is 1.